The minimum atomic E-state index is -0.933. The summed E-state index contributed by atoms with van der Waals surface area (Å²) in [6.07, 6.45) is 3.22. The van der Waals surface area contributed by atoms with Crippen molar-refractivity contribution in [1.29, 1.82) is 0 Å². The Morgan fingerprint density at radius 2 is 1.95 bits per heavy atom. The lowest BCUT2D eigenvalue weighted by Crippen LogP contribution is -2.55. The topological polar surface area (TPSA) is 70.5 Å². The Bertz CT molecular complexity index is 512. The molecule has 2 rings (SSSR count). The summed E-state index contributed by atoms with van der Waals surface area (Å²) in [5.74, 6) is 0.761. The van der Waals surface area contributed by atoms with Gasteiger partial charge in [0.05, 0.1) is 10.8 Å². The molecule has 1 unspecified atom stereocenters. The van der Waals surface area contributed by atoms with Crippen molar-refractivity contribution in [3.8, 4) is 5.75 Å². The fourth-order valence-corrected chi connectivity index (χ4v) is 3.50. The number of nitrogen functional groups attached to an aromatic ring is 1. The molecular formula is C14H21N2O2P. The van der Waals surface area contributed by atoms with Crippen LogP contribution in [0, 0.1) is 0 Å². The van der Waals surface area contributed by atoms with E-state index in [1.807, 2.05) is 18.2 Å². The summed E-state index contributed by atoms with van der Waals surface area (Å²) < 4.78 is 11.8. The van der Waals surface area contributed by atoms with Crippen molar-refractivity contribution in [2.24, 2.45) is 5.73 Å². The molecule has 19 heavy (non-hydrogen) atoms. The molecule has 104 valence electrons. The van der Waals surface area contributed by atoms with Crippen LogP contribution in [0.4, 0.5) is 5.69 Å². The third kappa shape index (κ3) is 2.43. The minimum Gasteiger partial charge on any atom is -0.447 e. The van der Waals surface area contributed by atoms with E-state index in [4.69, 9.17) is 20.5 Å². The molecule has 0 bridgehead atoms. The molecule has 4 N–H and O–H groups in total. The second-order valence-electron chi connectivity index (χ2n) is 5.66. The first-order chi connectivity index (χ1) is 8.78. The van der Waals surface area contributed by atoms with Crippen molar-refractivity contribution < 1.29 is 9.05 Å². The molecule has 1 heterocycles. The van der Waals surface area contributed by atoms with Gasteiger partial charge < -0.3 is 20.5 Å². The van der Waals surface area contributed by atoms with Gasteiger partial charge in [-0.2, -0.15) is 0 Å². The second kappa shape index (κ2) is 4.69. The predicted molar refractivity (Wildman–Crippen MR) is 80.9 cm³/mol. The van der Waals surface area contributed by atoms with Crippen LogP contribution in [-0.2, 0) is 4.52 Å². The molecule has 1 saturated heterocycles. The fraction of sp³-hybridized carbons (Fsp3) is 0.429. The standard InChI is InChI=1S/C14H21N2O2P/c1-13(2)14(3,4)19(18-13)17-11-5-6-12(16)10(9-11)7-8-15/h5-9H,15-16H2,1-4H3/b8-7-. The number of hydrogen-bond donors (Lipinski definition) is 2. The first-order valence-electron chi connectivity index (χ1n) is 6.23. The van der Waals surface area contributed by atoms with Gasteiger partial charge in [0.15, 0.2) is 0 Å². The van der Waals surface area contributed by atoms with Gasteiger partial charge >= 0.3 is 0 Å². The molecule has 0 amide bonds. The van der Waals surface area contributed by atoms with E-state index >= 15 is 0 Å². The van der Waals surface area contributed by atoms with Gasteiger partial charge in [-0.15, -0.1) is 0 Å². The van der Waals surface area contributed by atoms with Crippen molar-refractivity contribution in [2.75, 3.05) is 5.73 Å². The van der Waals surface area contributed by atoms with Gasteiger partial charge in [0.1, 0.15) is 5.75 Å². The zero-order chi connectivity index (χ0) is 14.3. The van der Waals surface area contributed by atoms with Gasteiger partial charge in [-0.25, -0.2) is 0 Å². The lowest BCUT2D eigenvalue weighted by molar-refractivity contribution is 0.00609. The Morgan fingerprint density at radius 1 is 1.26 bits per heavy atom. The Kier molecular flexibility index (Phi) is 3.50. The number of anilines is 1. The third-order valence-electron chi connectivity index (χ3n) is 3.76. The van der Waals surface area contributed by atoms with Crippen molar-refractivity contribution in [3.05, 3.63) is 30.0 Å². The van der Waals surface area contributed by atoms with Crippen molar-refractivity contribution >= 4 is 20.1 Å². The average molecular weight is 280 g/mol. The van der Waals surface area contributed by atoms with Crippen LogP contribution in [0.3, 0.4) is 0 Å². The van der Waals surface area contributed by atoms with Crippen LogP contribution in [0.25, 0.3) is 6.08 Å². The van der Waals surface area contributed by atoms with E-state index in [1.165, 1.54) is 6.20 Å². The van der Waals surface area contributed by atoms with Crippen LogP contribution in [-0.4, -0.2) is 10.8 Å². The monoisotopic (exact) mass is 280 g/mol. The quantitative estimate of drug-likeness (QED) is 0.657. The summed E-state index contributed by atoms with van der Waals surface area (Å²) >= 11 is 0. The Hall–Kier alpha value is -1.25. The van der Waals surface area contributed by atoms with Crippen molar-refractivity contribution in [1.82, 2.24) is 0 Å². The molecule has 1 aliphatic heterocycles. The first-order valence-corrected chi connectivity index (χ1v) is 7.41. The van der Waals surface area contributed by atoms with E-state index in [0.29, 0.717) is 5.69 Å². The van der Waals surface area contributed by atoms with E-state index in [1.54, 1.807) is 6.08 Å². The van der Waals surface area contributed by atoms with E-state index < -0.39 is 8.38 Å². The lowest BCUT2D eigenvalue weighted by Gasteiger charge is -2.55. The van der Waals surface area contributed by atoms with Crippen LogP contribution in [0.1, 0.15) is 33.3 Å². The highest BCUT2D eigenvalue weighted by Crippen LogP contribution is 2.68. The maximum absolute atomic E-state index is 5.96. The molecule has 5 heteroatoms. The van der Waals surface area contributed by atoms with Gasteiger partial charge in [0.2, 0.25) is 8.38 Å². The van der Waals surface area contributed by atoms with Crippen LogP contribution >= 0.6 is 8.38 Å². The molecule has 1 atom stereocenters. The summed E-state index contributed by atoms with van der Waals surface area (Å²) in [6.45, 7) is 8.50. The van der Waals surface area contributed by atoms with E-state index in [0.717, 1.165) is 11.3 Å². The normalized spacial score (nSPS) is 24.1. The average Bonchev–Trinajstić information content (AvgIpc) is 2.32. The number of hydrogen-bond acceptors (Lipinski definition) is 4. The highest BCUT2D eigenvalue weighted by atomic mass is 31.2. The van der Waals surface area contributed by atoms with E-state index in [2.05, 4.69) is 27.7 Å². The zero-order valence-corrected chi connectivity index (χ0v) is 12.7. The van der Waals surface area contributed by atoms with Crippen molar-refractivity contribution in [2.45, 2.75) is 38.5 Å². The summed E-state index contributed by atoms with van der Waals surface area (Å²) in [4.78, 5) is 0. The minimum absolute atomic E-state index is 0.0214. The molecule has 1 aliphatic rings. The molecule has 4 nitrogen and oxygen atoms in total. The maximum atomic E-state index is 5.96. The molecule has 0 aromatic heterocycles. The highest BCUT2D eigenvalue weighted by Gasteiger charge is 2.59. The second-order valence-corrected chi connectivity index (χ2v) is 7.66. The van der Waals surface area contributed by atoms with E-state index in [9.17, 15) is 0 Å². The molecule has 0 radical (unpaired) electrons. The van der Waals surface area contributed by atoms with Crippen LogP contribution in [0.2, 0.25) is 0 Å². The molecule has 1 aromatic rings. The largest absolute Gasteiger partial charge is 0.447 e. The first kappa shape index (κ1) is 14.2. The number of rotatable bonds is 3. The number of nitrogens with two attached hydrogens (primary N) is 2. The third-order valence-corrected chi connectivity index (χ3v) is 6.21. The molecule has 1 fully saturated rings. The summed E-state index contributed by atoms with van der Waals surface area (Å²) in [6, 6.07) is 5.56. The van der Waals surface area contributed by atoms with Gasteiger partial charge in [-0.3, -0.25) is 0 Å². The summed E-state index contributed by atoms with van der Waals surface area (Å²) in [5.41, 5.74) is 12.6. The molecule has 0 spiro atoms. The summed E-state index contributed by atoms with van der Waals surface area (Å²) in [5, 5.41) is 0.0214. The fourth-order valence-electron chi connectivity index (χ4n) is 1.70. The Morgan fingerprint density at radius 3 is 2.47 bits per heavy atom. The zero-order valence-electron chi connectivity index (χ0n) is 11.8. The smallest absolute Gasteiger partial charge is 0.239 e. The molecular weight excluding hydrogens is 259 g/mol. The maximum Gasteiger partial charge on any atom is 0.239 e. The highest BCUT2D eigenvalue weighted by molar-refractivity contribution is 7.51. The number of benzene rings is 1. The van der Waals surface area contributed by atoms with Gasteiger partial charge in [0, 0.05) is 11.3 Å². The van der Waals surface area contributed by atoms with Gasteiger partial charge in [-0.05, 0) is 58.2 Å². The van der Waals surface area contributed by atoms with Crippen LogP contribution in [0.15, 0.2) is 24.4 Å². The Balaban J connectivity index is 2.15. The predicted octanol–water partition coefficient (Wildman–Crippen LogP) is 3.48. The molecule has 0 aliphatic carbocycles. The SMILES string of the molecule is CC1(C)OP(Oc2ccc(N)c(/C=C\N)c2)C1(C)C. The van der Waals surface area contributed by atoms with Gasteiger partial charge in [-0.1, -0.05) is 0 Å². The summed E-state index contributed by atoms with van der Waals surface area (Å²) in [7, 11) is -0.933. The van der Waals surface area contributed by atoms with Crippen LogP contribution in [0.5, 0.6) is 5.75 Å². The Labute approximate surface area is 115 Å². The molecule has 0 saturated carbocycles. The molecule has 1 aromatic carbocycles. The van der Waals surface area contributed by atoms with E-state index in [-0.39, 0.29) is 10.8 Å². The lowest BCUT2D eigenvalue weighted by atomic mass is 9.93. The van der Waals surface area contributed by atoms with Gasteiger partial charge in [0.25, 0.3) is 0 Å². The van der Waals surface area contributed by atoms with Crippen LogP contribution < -0.4 is 16.0 Å². The van der Waals surface area contributed by atoms with Crippen molar-refractivity contribution in [3.63, 3.8) is 0 Å².